The molecule has 0 fully saturated rings. The summed E-state index contributed by atoms with van der Waals surface area (Å²) in [4.78, 5) is 10.6. The summed E-state index contributed by atoms with van der Waals surface area (Å²) in [5.74, 6) is 1.52. The lowest BCUT2D eigenvalue weighted by atomic mass is 10.1. The number of carbonyl (C=O) groups excluding carboxylic acids is 1. The molecule has 0 aliphatic rings. The van der Waals surface area contributed by atoms with Crippen molar-refractivity contribution in [1.82, 2.24) is 0 Å². The lowest BCUT2D eigenvalue weighted by molar-refractivity contribution is -0.115. The number of thioether (sulfide) groups is 1. The molecule has 0 aliphatic carbocycles. The van der Waals surface area contributed by atoms with Crippen molar-refractivity contribution in [1.29, 1.82) is 0 Å². The first-order valence-corrected chi connectivity index (χ1v) is 6.63. The van der Waals surface area contributed by atoms with E-state index in [1.165, 1.54) is 11.8 Å². The van der Waals surface area contributed by atoms with Crippen LogP contribution in [0.15, 0.2) is 24.3 Å². The number of hydrogen-bond donors (Lipinski definition) is 2. The van der Waals surface area contributed by atoms with Crippen LogP contribution in [0.5, 0.6) is 5.75 Å². The van der Waals surface area contributed by atoms with Crippen LogP contribution in [0.4, 0.5) is 0 Å². The third-order valence-electron chi connectivity index (χ3n) is 2.16. The Kier molecular flexibility index (Phi) is 5.86. The van der Waals surface area contributed by atoms with Gasteiger partial charge in [-0.25, -0.2) is 0 Å². The van der Waals surface area contributed by atoms with Crippen LogP contribution in [-0.2, 0) is 4.79 Å². The van der Waals surface area contributed by atoms with Gasteiger partial charge in [-0.15, -0.1) is 0 Å². The molecular formula is C12H18N2O2S. The highest BCUT2D eigenvalue weighted by molar-refractivity contribution is 7.99. The molecule has 0 aliphatic heterocycles. The van der Waals surface area contributed by atoms with Crippen molar-refractivity contribution in [3.8, 4) is 5.75 Å². The van der Waals surface area contributed by atoms with Crippen LogP contribution < -0.4 is 16.2 Å². The van der Waals surface area contributed by atoms with Gasteiger partial charge in [0, 0.05) is 11.8 Å². The van der Waals surface area contributed by atoms with Crippen LogP contribution in [0, 0.1) is 0 Å². The summed E-state index contributed by atoms with van der Waals surface area (Å²) < 4.78 is 5.35. The first kappa shape index (κ1) is 13.9. The Bertz CT molecular complexity index is 354. The number of ether oxygens (including phenoxy) is 1. The van der Waals surface area contributed by atoms with Crippen molar-refractivity contribution in [2.24, 2.45) is 11.5 Å². The first-order chi connectivity index (χ1) is 8.13. The van der Waals surface area contributed by atoms with Crippen LogP contribution in [-0.4, -0.2) is 24.0 Å². The van der Waals surface area contributed by atoms with Gasteiger partial charge in [0.2, 0.25) is 5.91 Å². The number of amides is 1. The molecule has 4 nitrogen and oxygen atoms in total. The SMILES string of the molecule is CCOc1ccc(C(N)CSCC(N)=O)cc1. The van der Waals surface area contributed by atoms with Crippen LogP contribution in [0.1, 0.15) is 18.5 Å². The number of benzene rings is 1. The molecule has 0 spiro atoms. The summed E-state index contributed by atoms with van der Waals surface area (Å²) in [5.41, 5.74) is 12.1. The molecule has 0 radical (unpaired) electrons. The standard InChI is InChI=1S/C12H18N2O2S/c1-2-16-10-5-3-9(4-6-10)11(13)7-17-8-12(14)15/h3-6,11H,2,7-8,13H2,1H3,(H2,14,15). The van der Waals surface area contributed by atoms with Gasteiger partial charge in [-0.2, -0.15) is 11.8 Å². The second-order valence-corrected chi connectivity index (χ2v) is 4.62. The van der Waals surface area contributed by atoms with E-state index in [0.29, 0.717) is 18.1 Å². The summed E-state index contributed by atoms with van der Waals surface area (Å²) >= 11 is 1.45. The second-order valence-electron chi connectivity index (χ2n) is 3.59. The average molecular weight is 254 g/mol. The third kappa shape index (κ3) is 5.10. The zero-order chi connectivity index (χ0) is 12.7. The van der Waals surface area contributed by atoms with Crippen molar-refractivity contribution in [3.05, 3.63) is 29.8 Å². The summed E-state index contributed by atoms with van der Waals surface area (Å²) in [7, 11) is 0. The van der Waals surface area contributed by atoms with Crippen LogP contribution in [0.3, 0.4) is 0 Å². The topological polar surface area (TPSA) is 78.3 Å². The van der Waals surface area contributed by atoms with E-state index in [4.69, 9.17) is 16.2 Å². The molecule has 1 aromatic rings. The third-order valence-corrected chi connectivity index (χ3v) is 3.24. The van der Waals surface area contributed by atoms with E-state index < -0.39 is 0 Å². The van der Waals surface area contributed by atoms with E-state index in [1.54, 1.807) is 0 Å². The molecule has 1 amide bonds. The fourth-order valence-corrected chi connectivity index (χ4v) is 2.13. The summed E-state index contributed by atoms with van der Waals surface area (Å²) in [5, 5.41) is 0. The summed E-state index contributed by atoms with van der Waals surface area (Å²) in [6, 6.07) is 7.60. The minimum atomic E-state index is -0.311. The van der Waals surface area contributed by atoms with E-state index in [-0.39, 0.29) is 11.9 Å². The zero-order valence-corrected chi connectivity index (χ0v) is 10.7. The molecule has 1 unspecified atom stereocenters. The number of nitrogens with two attached hydrogens (primary N) is 2. The van der Waals surface area contributed by atoms with Gasteiger partial charge in [0.05, 0.1) is 12.4 Å². The Balaban J connectivity index is 2.45. The number of rotatable bonds is 7. The van der Waals surface area contributed by atoms with Gasteiger partial charge in [0.1, 0.15) is 5.75 Å². The van der Waals surface area contributed by atoms with Crippen LogP contribution >= 0.6 is 11.8 Å². The molecular weight excluding hydrogens is 236 g/mol. The molecule has 94 valence electrons. The van der Waals surface area contributed by atoms with Gasteiger partial charge < -0.3 is 16.2 Å². The molecule has 4 N–H and O–H groups in total. The Labute approximate surface area is 106 Å². The molecule has 0 heterocycles. The van der Waals surface area contributed by atoms with Crippen molar-refractivity contribution in [2.75, 3.05) is 18.1 Å². The zero-order valence-electron chi connectivity index (χ0n) is 9.89. The van der Waals surface area contributed by atoms with Gasteiger partial charge in [-0.3, -0.25) is 4.79 Å². The summed E-state index contributed by atoms with van der Waals surface area (Å²) in [6.45, 7) is 2.60. The van der Waals surface area contributed by atoms with E-state index in [0.717, 1.165) is 11.3 Å². The average Bonchev–Trinajstić information content (AvgIpc) is 2.30. The number of primary amides is 1. The molecule has 1 atom stereocenters. The maximum absolute atomic E-state index is 10.6. The predicted molar refractivity (Wildman–Crippen MR) is 71.1 cm³/mol. The predicted octanol–water partition coefficient (Wildman–Crippen LogP) is 1.30. The lowest BCUT2D eigenvalue weighted by Crippen LogP contribution is -2.17. The summed E-state index contributed by atoms with van der Waals surface area (Å²) in [6.07, 6.45) is 0. The number of hydrogen-bond acceptors (Lipinski definition) is 4. The number of carbonyl (C=O) groups is 1. The van der Waals surface area contributed by atoms with Gasteiger partial charge in [-0.1, -0.05) is 12.1 Å². The van der Waals surface area contributed by atoms with Crippen LogP contribution in [0.2, 0.25) is 0 Å². The van der Waals surface area contributed by atoms with Crippen molar-refractivity contribution in [3.63, 3.8) is 0 Å². The van der Waals surface area contributed by atoms with Gasteiger partial charge in [0.15, 0.2) is 0 Å². The lowest BCUT2D eigenvalue weighted by Gasteiger charge is -2.12. The largest absolute Gasteiger partial charge is 0.494 e. The van der Waals surface area contributed by atoms with Gasteiger partial charge in [-0.05, 0) is 24.6 Å². The van der Waals surface area contributed by atoms with Crippen molar-refractivity contribution < 1.29 is 9.53 Å². The highest BCUT2D eigenvalue weighted by Crippen LogP contribution is 2.19. The molecule has 0 saturated carbocycles. The maximum Gasteiger partial charge on any atom is 0.227 e. The fourth-order valence-electron chi connectivity index (χ4n) is 1.36. The Morgan fingerprint density at radius 1 is 1.41 bits per heavy atom. The minimum Gasteiger partial charge on any atom is -0.494 e. The smallest absolute Gasteiger partial charge is 0.227 e. The van der Waals surface area contributed by atoms with Gasteiger partial charge >= 0.3 is 0 Å². The molecule has 1 aromatic carbocycles. The highest BCUT2D eigenvalue weighted by Gasteiger charge is 2.07. The molecule has 17 heavy (non-hydrogen) atoms. The minimum absolute atomic E-state index is 0.0879. The van der Waals surface area contributed by atoms with Crippen molar-refractivity contribution >= 4 is 17.7 Å². The van der Waals surface area contributed by atoms with E-state index in [2.05, 4.69) is 0 Å². The van der Waals surface area contributed by atoms with E-state index >= 15 is 0 Å². The Morgan fingerprint density at radius 3 is 2.59 bits per heavy atom. The second kappa shape index (κ2) is 7.19. The Morgan fingerprint density at radius 2 is 2.06 bits per heavy atom. The maximum atomic E-state index is 10.6. The van der Waals surface area contributed by atoms with E-state index in [1.807, 2.05) is 31.2 Å². The monoisotopic (exact) mass is 254 g/mol. The quantitative estimate of drug-likeness (QED) is 0.769. The molecule has 1 rings (SSSR count). The molecule has 5 heteroatoms. The fraction of sp³-hybridized carbons (Fsp3) is 0.417. The van der Waals surface area contributed by atoms with Gasteiger partial charge in [0.25, 0.3) is 0 Å². The van der Waals surface area contributed by atoms with E-state index in [9.17, 15) is 4.79 Å². The normalized spacial score (nSPS) is 12.1. The molecule has 0 bridgehead atoms. The highest BCUT2D eigenvalue weighted by atomic mass is 32.2. The Hall–Kier alpha value is -1.20. The first-order valence-electron chi connectivity index (χ1n) is 5.48. The molecule has 0 aromatic heterocycles. The molecule has 0 saturated heterocycles. The van der Waals surface area contributed by atoms with Crippen LogP contribution in [0.25, 0.3) is 0 Å². The van der Waals surface area contributed by atoms with Crippen molar-refractivity contribution in [2.45, 2.75) is 13.0 Å².